The minimum atomic E-state index is -1.22. The number of aliphatic carboxylic acids is 1. The zero-order valence-electron chi connectivity index (χ0n) is 9.73. The molecule has 0 aliphatic carbocycles. The monoisotopic (exact) mass is 224 g/mol. The summed E-state index contributed by atoms with van der Waals surface area (Å²) in [6.07, 6.45) is 2.39. The molecule has 1 N–H and O–H groups in total. The van der Waals surface area contributed by atoms with Gasteiger partial charge in [0.05, 0.1) is 6.33 Å². The van der Waals surface area contributed by atoms with E-state index in [4.69, 9.17) is 0 Å². The molecule has 0 bridgehead atoms. The summed E-state index contributed by atoms with van der Waals surface area (Å²) in [6, 6.07) is 1.34. The van der Waals surface area contributed by atoms with E-state index in [0.29, 0.717) is 18.5 Å². The Kier molecular flexibility index (Phi) is 3.47. The van der Waals surface area contributed by atoms with Crippen molar-refractivity contribution in [3.05, 3.63) is 28.4 Å². The number of aryl methyl sites for hydroxylation is 1. The third-order valence-corrected chi connectivity index (χ3v) is 2.68. The molecule has 1 atom stereocenters. The lowest BCUT2D eigenvalue weighted by Crippen LogP contribution is -2.45. The number of hydrogen-bond donors (Lipinski definition) is 1. The van der Waals surface area contributed by atoms with Gasteiger partial charge in [-0.2, -0.15) is 0 Å². The molecule has 1 aromatic rings. The fourth-order valence-electron chi connectivity index (χ4n) is 1.68. The van der Waals surface area contributed by atoms with Crippen molar-refractivity contribution < 1.29 is 9.90 Å². The molecular weight excluding hydrogens is 208 g/mol. The Hall–Kier alpha value is -1.65. The van der Waals surface area contributed by atoms with Crippen LogP contribution >= 0.6 is 0 Å². The average molecular weight is 224 g/mol. The Morgan fingerprint density at radius 3 is 2.69 bits per heavy atom. The predicted molar refractivity (Wildman–Crippen MR) is 59.4 cm³/mol. The van der Waals surface area contributed by atoms with Gasteiger partial charge in [0, 0.05) is 11.8 Å². The van der Waals surface area contributed by atoms with Gasteiger partial charge in [-0.15, -0.1) is 0 Å². The van der Waals surface area contributed by atoms with Crippen LogP contribution in [0.3, 0.4) is 0 Å². The standard InChI is InChI=1S/C11H16N2O3/c1-4-5-11(3,10(15)16)13-7-12-8(2)6-9(13)14/h6-7H,4-5H2,1-3H3,(H,15,16). The highest BCUT2D eigenvalue weighted by Gasteiger charge is 2.35. The topological polar surface area (TPSA) is 72.2 Å². The first-order valence-corrected chi connectivity index (χ1v) is 5.21. The minimum absolute atomic E-state index is 0.328. The highest BCUT2D eigenvalue weighted by Crippen LogP contribution is 2.20. The molecule has 0 saturated carbocycles. The first-order chi connectivity index (χ1) is 7.41. The summed E-state index contributed by atoms with van der Waals surface area (Å²) < 4.78 is 1.19. The van der Waals surface area contributed by atoms with Crippen LogP contribution in [0.25, 0.3) is 0 Å². The molecule has 0 saturated heterocycles. The molecule has 0 fully saturated rings. The lowest BCUT2D eigenvalue weighted by molar-refractivity contribution is -0.147. The summed E-state index contributed by atoms with van der Waals surface area (Å²) in [5, 5.41) is 9.22. The SMILES string of the molecule is CCCC(C)(C(=O)O)n1cnc(C)cc1=O. The van der Waals surface area contributed by atoms with Crippen molar-refractivity contribution in [2.45, 2.75) is 39.2 Å². The van der Waals surface area contributed by atoms with Gasteiger partial charge in [0.1, 0.15) is 5.54 Å². The van der Waals surface area contributed by atoms with E-state index in [1.165, 1.54) is 23.9 Å². The largest absolute Gasteiger partial charge is 0.479 e. The number of carboxylic acid groups (broad SMARTS) is 1. The first-order valence-electron chi connectivity index (χ1n) is 5.21. The Morgan fingerprint density at radius 1 is 1.62 bits per heavy atom. The summed E-state index contributed by atoms with van der Waals surface area (Å²) >= 11 is 0. The van der Waals surface area contributed by atoms with Gasteiger partial charge < -0.3 is 5.11 Å². The molecule has 0 amide bonds. The van der Waals surface area contributed by atoms with E-state index in [2.05, 4.69) is 4.98 Å². The van der Waals surface area contributed by atoms with Gasteiger partial charge >= 0.3 is 5.97 Å². The first kappa shape index (κ1) is 12.4. The van der Waals surface area contributed by atoms with Crippen LogP contribution < -0.4 is 5.56 Å². The molecular formula is C11H16N2O3. The van der Waals surface area contributed by atoms with E-state index < -0.39 is 11.5 Å². The normalized spacial score (nSPS) is 14.4. The van der Waals surface area contributed by atoms with Gasteiger partial charge in [-0.3, -0.25) is 9.36 Å². The van der Waals surface area contributed by atoms with Gasteiger partial charge in [0.25, 0.3) is 5.56 Å². The van der Waals surface area contributed by atoms with Crippen molar-refractivity contribution >= 4 is 5.97 Å². The zero-order valence-corrected chi connectivity index (χ0v) is 9.73. The Balaban J connectivity index is 3.32. The van der Waals surface area contributed by atoms with Crippen molar-refractivity contribution in [1.82, 2.24) is 9.55 Å². The average Bonchev–Trinajstić information content (AvgIpc) is 2.17. The number of aromatic nitrogens is 2. The Morgan fingerprint density at radius 2 is 2.25 bits per heavy atom. The van der Waals surface area contributed by atoms with Gasteiger partial charge in [-0.1, -0.05) is 13.3 Å². The van der Waals surface area contributed by atoms with Crippen LogP contribution in [0, 0.1) is 6.92 Å². The van der Waals surface area contributed by atoms with Crippen molar-refractivity contribution in [1.29, 1.82) is 0 Å². The second kappa shape index (κ2) is 4.47. The number of hydrogen-bond acceptors (Lipinski definition) is 3. The quantitative estimate of drug-likeness (QED) is 0.832. The van der Waals surface area contributed by atoms with Crippen molar-refractivity contribution in [3.8, 4) is 0 Å². The molecule has 0 aliphatic heterocycles. The molecule has 5 heteroatoms. The van der Waals surface area contributed by atoms with Crippen LogP contribution in [0.2, 0.25) is 0 Å². The molecule has 1 unspecified atom stereocenters. The third-order valence-electron chi connectivity index (χ3n) is 2.68. The molecule has 0 spiro atoms. The van der Waals surface area contributed by atoms with E-state index in [1.807, 2.05) is 6.92 Å². The van der Waals surface area contributed by atoms with Gasteiger partial charge in [0.2, 0.25) is 0 Å². The van der Waals surface area contributed by atoms with Crippen LogP contribution in [-0.2, 0) is 10.3 Å². The molecule has 0 aromatic carbocycles. The maximum atomic E-state index is 11.7. The smallest absolute Gasteiger partial charge is 0.329 e. The molecule has 0 radical (unpaired) electrons. The zero-order chi connectivity index (χ0) is 12.3. The van der Waals surface area contributed by atoms with Gasteiger partial charge in [-0.05, 0) is 20.3 Å². The van der Waals surface area contributed by atoms with Crippen LogP contribution in [-0.4, -0.2) is 20.6 Å². The summed E-state index contributed by atoms with van der Waals surface area (Å²) in [7, 11) is 0. The predicted octanol–water partition coefficient (Wildman–Crippen LogP) is 1.15. The van der Waals surface area contributed by atoms with E-state index in [-0.39, 0.29) is 5.56 Å². The Bertz CT molecular complexity index is 453. The molecule has 16 heavy (non-hydrogen) atoms. The highest BCUT2D eigenvalue weighted by molar-refractivity contribution is 5.76. The van der Waals surface area contributed by atoms with E-state index in [1.54, 1.807) is 6.92 Å². The summed E-state index contributed by atoms with van der Waals surface area (Å²) in [5.41, 5.74) is -0.955. The van der Waals surface area contributed by atoms with E-state index in [9.17, 15) is 14.7 Å². The molecule has 1 rings (SSSR count). The minimum Gasteiger partial charge on any atom is -0.479 e. The van der Waals surface area contributed by atoms with E-state index in [0.717, 1.165) is 0 Å². The number of nitrogens with zero attached hydrogens (tertiary/aromatic N) is 2. The summed E-state index contributed by atoms with van der Waals surface area (Å²) in [6.45, 7) is 5.12. The van der Waals surface area contributed by atoms with Crippen LogP contribution in [0.1, 0.15) is 32.4 Å². The Labute approximate surface area is 93.8 Å². The van der Waals surface area contributed by atoms with Gasteiger partial charge in [-0.25, -0.2) is 9.78 Å². The summed E-state index contributed by atoms with van der Waals surface area (Å²) in [4.78, 5) is 27.0. The van der Waals surface area contributed by atoms with Crippen LogP contribution in [0.5, 0.6) is 0 Å². The van der Waals surface area contributed by atoms with Crippen molar-refractivity contribution in [3.63, 3.8) is 0 Å². The highest BCUT2D eigenvalue weighted by atomic mass is 16.4. The molecule has 0 aliphatic rings. The van der Waals surface area contributed by atoms with Gasteiger partial charge in [0.15, 0.2) is 0 Å². The van der Waals surface area contributed by atoms with Crippen molar-refractivity contribution in [2.24, 2.45) is 0 Å². The number of carboxylic acids is 1. The third kappa shape index (κ3) is 2.13. The molecule has 1 heterocycles. The second-order valence-corrected chi connectivity index (χ2v) is 4.07. The maximum absolute atomic E-state index is 11.7. The number of carbonyl (C=O) groups is 1. The maximum Gasteiger partial charge on any atom is 0.329 e. The molecule has 5 nitrogen and oxygen atoms in total. The fourth-order valence-corrected chi connectivity index (χ4v) is 1.68. The van der Waals surface area contributed by atoms with Crippen molar-refractivity contribution in [2.75, 3.05) is 0 Å². The van der Waals surface area contributed by atoms with Crippen LogP contribution in [0.4, 0.5) is 0 Å². The van der Waals surface area contributed by atoms with E-state index >= 15 is 0 Å². The molecule has 1 aromatic heterocycles. The lowest BCUT2D eigenvalue weighted by atomic mass is 9.96. The number of rotatable bonds is 4. The summed E-state index contributed by atoms with van der Waals surface area (Å²) in [5.74, 6) is -1.01. The molecule has 88 valence electrons. The second-order valence-electron chi connectivity index (χ2n) is 4.07. The fraction of sp³-hybridized carbons (Fsp3) is 0.545. The lowest BCUT2D eigenvalue weighted by Gasteiger charge is -2.26. The van der Waals surface area contributed by atoms with Crippen LogP contribution in [0.15, 0.2) is 17.2 Å².